The van der Waals surface area contributed by atoms with E-state index in [2.05, 4.69) is 5.32 Å². The Morgan fingerprint density at radius 2 is 2.00 bits per heavy atom. The van der Waals surface area contributed by atoms with Gasteiger partial charge in [0.05, 0.1) is 6.61 Å². The van der Waals surface area contributed by atoms with Gasteiger partial charge in [-0.05, 0) is 24.6 Å². The van der Waals surface area contributed by atoms with Crippen LogP contribution in [0.5, 0.6) is 0 Å². The number of carbonyl (C=O) groups excluding carboxylic acids is 3. The Morgan fingerprint density at radius 1 is 1.35 bits per heavy atom. The zero-order chi connectivity index (χ0) is 14.7. The van der Waals surface area contributed by atoms with E-state index in [0.717, 1.165) is 4.90 Å². The van der Waals surface area contributed by atoms with Crippen LogP contribution in [0.2, 0.25) is 0 Å². The van der Waals surface area contributed by atoms with Crippen LogP contribution in [0, 0.1) is 5.82 Å². The van der Waals surface area contributed by atoms with Gasteiger partial charge in [-0.2, -0.15) is 0 Å². The fourth-order valence-corrected chi connectivity index (χ4v) is 1.89. The first-order valence-corrected chi connectivity index (χ1v) is 6.06. The smallest absolute Gasteiger partial charge is 0.326 e. The fourth-order valence-electron chi connectivity index (χ4n) is 1.89. The molecule has 1 aromatic carbocycles. The van der Waals surface area contributed by atoms with E-state index >= 15 is 0 Å². The van der Waals surface area contributed by atoms with Crippen LogP contribution in [0.3, 0.4) is 0 Å². The number of halogens is 1. The van der Waals surface area contributed by atoms with Crippen LogP contribution >= 0.6 is 0 Å². The summed E-state index contributed by atoms with van der Waals surface area (Å²) in [5.41, 5.74) is 0.455. The molecule has 1 fully saturated rings. The third kappa shape index (κ3) is 2.76. The molecule has 0 unspecified atom stereocenters. The molecular weight excluding hydrogens is 267 g/mol. The lowest BCUT2D eigenvalue weighted by Gasteiger charge is -2.12. The maximum Gasteiger partial charge on any atom is 0.326 e. The molecule has 0 aliphatic carbocycles. The molecule has 0 spiro atoms. The summed E-state index contributed by atoms with van der Waals surface area (Å²) >= 11 is 0. The van der Waals surface area contributed by atoms with Crippen LogP contribution < -0.4 is 5.32 Å². The van der Waals surface area contributed by atoms with E-state index in [0.29, 0.717) is 5.56 Å². The van der Waals surface area contributed by atoms with Gasteiger partial charge in [0.2, 0.25) is 0 Å². The zero-order valence-electron chi connectivity index (χ0n) is 10.8. The highest BCUT2D eigenvalue weighted by Gasteiger charge is 2.40. The molecule has 1 aliphatic heterocycles. The van der Waals surface area contributed by atoms with E-state index in [-0.39, 0.29) is 6.61 Å². The van der Waals surface area contributed by atoms with Crippen molar-refractivity contribution in [2.24, 2.45) is 0 Å². The van der Waals surface area contributed by atoms with Crippen molar-refractivity contribution in [2.45, 2.75) is 13.0 Å². The van der Waals surface area contributed by atoms with Crippen LogP contribution in [-0.2, 0) is 14.3 Å². The van der Waals surface area contributed by atoms with E-state index in [1.807, 2.05) is 0 Å². The molecule has 1 aromatic rings. The molecule has 1 aliphatic rings. The highest BCUT2D eigenvalue weighted by Crippen LogP contribution is 2.22. The third-order valence-electron chi connectivity index (χ3n) is 2.82. The van der Waals surface area contributed by atoms with Crippen LogP contribution in [0.4, 0.5) is 9.18 Å². The number of hydrogen-bond acceptors (Lipinski definition) is 4. The number of ether oxygens (including phenoxy) is 1. The van der Waals surface area contributed by atoms with Gasteiger partial charge in [-0.15, -0.1) is 0 Å². The maximum atomic E-state index is 12.8. The number of carbonyl (C=O) groups is 3. The van der Waals surface area contributed by atoms with Crippen molar-refractivity contribution in [1.82, 2.24) is 10.2 Å². The maximum absolute atomic E-state index is 12.8. The van der Waals surface area contributed by atoms with Crippen molar-refractivity contribution in [3.05, 3.63) is 35.6 Å². The molecule has 6 nitrogen and oxygen atoms in total. The number of benzene rings is 1. The lowest BCUT2D eigenvalue weighted by atomic mass is 10.1. The molecule has 3 amide bonds. The third-order valence-corrected chi connectivity index (χ3v) is 2.82. The van der Waals surface area contributed by atoms with Gasteiger partial charge in [0.25, 0.3) is 5.91 Å². The van der Waals surface area contributed by atoms with E-state index in [1.54, 1.807) is 6.92 Å². The van der Waals surface area contributed by atoms with Crippen LogP contribution in [0.15, 0.2) is 24.3 Å². The minimum Gasteiger partial charge on any atom is -0.465 e. The first kappa shape index (κ1) is 14.0. The molecule has 1 saturated heterocycles. The lowest BCUT2D eigenvalue weighted by Crippen LogP contribution is -2.36. The van der Waals surface area contributed by atoms with E-state index in [4.69, 9.17) is 4.74 Å². The van der Waals surface area contributed by atoms with Gasteiger partial charge in [-0.1, -0.05) is 12.1 Å². The predicted octanol–water partition coefficient (Wildman–Crippen LogP) is 0.982. The van der Waals surface area contributed by atoms with E-state index in [1.165, 1.54) is 24.3 Å². The summed E-state index contributed by atoms with van der Waals surface area (Å²) in [5.74, 6) is -1.65. The summed E-state index contributed by atoms with van der Waals surface area (Å²) in [6.07, 6.45) is 0. The normalized spacial score (nSPS) is 18.1. The van der Waals surface area contributed by atoms with Gasteiger partial charge >= 0.3 is 12.0 Å². The summed E-state index contributed by atoms with van der Waals surface area (Å²) in [7, 11) is 0. The summed E-state index contributed by atoms with van der Waals surface area (Å²) in [6, 6.07) is 3.64. The van der Waals surface area contributed by atoms with Crippen LogP contribution in [0.1, 0.15) is 18.5 Å². The SMILES string of the molecule is CCOC(=O)CN1C(=O)N[C@@H](c2ccc(F)cc2)C1=O. The molecule has 0 bridgehead atoms. The lowest BCUT2D eigenvalue weighted by molar-refractivity contribution is -0.146. The highest BCUT2D eigenvalue weighted by atomic mass is 19.1. The monoisotopic (exact) mass is 280 g/mol. The first-order chi connectivity index (χ1) is 9.52. The molecule has 7 heteroatoms. The van der Waals surface area contributed by atoms with Gasteiger partial charge in [-0.3, -0.25) is 14.5 Å². The second-order valence-electron chi connectivity index (χ2n) is 4.16. The number of esters is 1. The van der Waals surface area contributed by atoms with Gasteiger partial charge < -0.3 is 10.1 Å². The minimum absolute atomic E-state index is 0.171. The Labute approximate surface area is 114 Å². The molecule has 1 N–H and O–H groups in total. The molecule has 1 atom stereocenters. The highest BCUT2D eigenvalue weighted by molar-refractivity contribution is 6.06. The molecule has 1 heterocycles. The van der Waals surface area contributed by atoms with E-state index < -0.39 is 36.3 Å². The number of urea groups is 1. The standard InChI is InChI=1S/C13H13FN2O4/c1-2-20-10(17)7-16-12(18)11(15-13(16)19)8-3-5-9(14)6-4-8/h3-6,11H,2,7H2,1H3,(H,15,19)/t11-/m0/s1. The van der Waals surface area contributed by atoms with E-state index in [9.17, 15) is 18.8 Å². The summed E-state index contributed by atoms with van der Waals surface area (Å²) in [5, 5.41) is 2.44. The fraction of sp³-hybridized carbons (Fsp3) is 0.308. The summed E-state index contributed by atoms with van der Waals surface area (Å²) in [6.45, 7) is 1.37. The van der Waals surface area contributed by atoms with Crippen molar-refractivity contribution in [2.75, 3.05) is 13.2 Å². The largest absolute Gasteiger partial charge is 0.465 e. The molecule has 106 valence electrons. The Bertz CT molecular complexity index is 544. The molecular formula is C13H13FN2O4. The van der Waals surface area contributed by atoms with Crippen molar-refractivity contribution < 1.29 is 23.5 Å². The van der Waals surface area contributed by atoms with Crippen molar-refractivity contribution in [3.8, 4) is 0 Å². The first-order valence-electron chi connectivity index (χ1n) is 6.06. The second kappa shape index (κ2) is 5.68. The van der Waals surface area contributed by atoms with Crippen molar-refractivity contribution in [1.29, 1.82) is 0 Å². The molecule has 0 saturated carbocycles. The van der Waals surface area contributed by atoms with Crippen molar-refractivity contribution >= 4 is 17.9 Å². The summed E-state index contributed by atoms with van der Waals surface area (Å²) < 4.78 is 17.5. The van der Waals surface area contributed by atoms with Crippen LogP contribution in [0.25, 0.3) is 0 Å². The Hall–Kier alpha value is -2.44. The van der Waals surface area contributed by atoms with Crippen molar-refractivity contribution in [3.63, 3.8) is 0 Å². The molecule has 0 radical (unpaired) electrons. The molecule has 2 rings (SSSR count). The zero-order valence-corrected chi connectivity index (χ0v) is 10.8. The average Bonchev–Trinajstić information content (AvgIpc) is 2.68. The number of hydrogen-bond donors (Lipinski definition) is 1. The minimum atomic E-state index is -0.905. The van der Waals surface area contributed by atoms with Gasteiger partial charge in [-0.25, -0.2) is 9.18 Å². The number of rotatable bonds is 4. The van der Waals surface area contributed by atoms with Gasteiger partial charge in [0, 0.05) is 0 Å². The quantitative estimate of drug-likeness (QED) is 0.659. The molecule has 0 aromatic heterocycles. The average molecular weight is 280 g/mol. The topological polar surface area (TPSA) is 75.7 Å². The number of imide groups is 1. The Balaban J connectivity index is 2.12. The predicted molar refractivity (Wildman–Crippen MR) is 66.0 cm³/mol. The molecule has 20 heavy (non-hydrogen) atoms. The van der Waals surface area contributed by atoms with Crippen LogP contribution in [-0.4, -0.2) is 36.0 Å². The number of nitrogens with one attached hydrogen (secondary N) is 1. The Kier molecular flexibility index (Phi) is 3.97. The number of amides is 3. The summed E-state index contributed by atoms with van der Waals surface area (Å²) in [4.78, 5) is 35.9. The Morgan fingerprint density at radius 3 is 2.60 bits per heavy atom. The van der Waals surface area contributed by atoms with Gasteiger partial charge in [0.15, 0.2) is 0 Å². The van der Waals surface area contributed by atoms with Gasteiger partial charge in [0.1, 0.15) is 18.4 Å². The number of nitrogens with zero attached hydrogens (tertiary/aromatic N) is 1. The second-order valence-corrected chi connectivity index (χ2v) is 4.16.